The van der Waals surface area contributed by atoms with Gasteiger partial charge in [0.1, 0.15) is 0 Å². The fourth-order valence-electron chi connectivity index (χ4n) is 1.97. The van der Waals surface area contributed by atoms with Crippen LogP contribution in [0.15, 0.2) is 30.3 Å². The van der Waals surface area contributed by atoms with E-state index >= 15 is 0 Å². The van der Waals surface area contributed by atoms with Crippen molar-refractivity contribution in [2.75, 3.05) is 13.1 Å². The van der Waals surface area contributed by atoms with Crippen LogP contribution in [-0.4, -0.2) is 35.8 Å². The average Bonchev–Trinajstić information content (AvgIpc) is 2.42. The highest BCUT2D eigenvalue weighted by molar-refractivity contribution is 5.85. The number of carbonyl (C=O) groups is 2. The van der Waals surface area contributed by atoms with Gasteiger partial charge in [-0.05, 0) is 32.8 Å². The second-order valence-electron chi connectivity index (χ2n) is 5.12. The van der Waals surface area contributed by atoms with Crippen molar-refractivity contribution in [1.29, 1.82) is 0 Å². The zero-order valence-electron chi connectivity index (χ0n) is 12.6. The van der Waals surface area contributed by atoms with Gasteiger partial charge in [0.2, 0.25) is 11.8 Å². The number of nitrogens with zero attached hydrogens (tertiary/aromatic N) is 1. The topological polar surface area (TPSA) is 49.4 Å². The van der Waals surface area contributed by atoms with Crippen LogP contribution in [0.4, 0.5) is 0 Å². The zero-order valence-corrected chi connectivity index (χ0v) is 12.6. The molecule has 0 unspecified atom stereocenters. The summed E-state index contributed by atoms with van der Waals surface area (Å²) in [7, 11) is 0. The quantitative estimate of drug-likeness (QED) is 0.828. The lowest BCUT2D eigenvalue weighted by Gasteiger charge is -2.21. The molecule has 1 aromatic rings. The van der Waals surface area contributed by atoms with Gasteiger partial charge in [0.15, 0.2) is 0 Å². The summed E-state index contributed by atoms with van der Waals surface area (Å²) in [5.41, 5.74) is 1.14. The summed E-state index contributed by atoms with van der Waals surface area (Å²) in [6.07, 6.45) is 1.15. The van der Waals surface area contributed by atoms with E-state index in [1.54, 1.807) is 4.90 Å². The average molecular weight is 276 g/mol. The number of rotatable bonds is 7. The second-order valence-corrected chi connectivity index (χ2v) is 5.12. The largest absolute Gasteiger partial charge is 0.352 e. The van der Waals surface area contributed by atoms with Crippen LogP contribution in [0.25, 0.3) is 0 Å². The summed E-state index contributed by atoms with van der Waals surface area (Å²) in [6, 6.07) is 10.0. The van der Waals surface area contributed by atoms with E-state index in [9.17, 15) is 9.59 Å². The Labute approximate surface area is 121 Å². The molecule has 110 valence electrons. The Morgan fingerprint density at radius 2 is 1.85 bits per heavy atom. The molecule has 0 radical (unpaired) electrons. The molecule has 0 aliphatic carbocycles. The number of likely N-dealkylation sites (N-methyl/N-ethyl adjacent to an activating group) is 1. The third kappa shape index (κ3) is 5.87. The summed E-state index contributed by atoms with van der Waals surface area (Å²) in [6.45, 7) is 6.40. The van der Waals surface area contributed by atoms with Crippen molar-refractivity contribution in [3.63, 3.8) is 0 Å². The molecule has 1 aromatic carbocycles. The van der Waals surface area contributed by atoms with Crippen molar-refractivity contribution < 1.29 is 9.59 Å². The van der Waals surface area contributed by atoms with E-state index in [0.29, 0.717) is 19.4 Å². The van der Waals surface area contributed by atoms with Gasteiger partial charge in [-0.1, -0.05) is 30.3 Å². The number of carbonyl (C=O) groups excluding carboxylic acids is 2. The molecule has 0 spiro atoms. The minimum Gasteiger partial charge on any atom is -0.352 e. The van der Waals surface area contributed by atoms with Gasteiger partial charge >= 0.3 is 0 Å². The Balaban J connectivity index is 2.44. The van der Waals surface area contributed by atoms with E-state index in [-0.39, 0.29) is 24.4 Å². The predicted molar refractivity (Wildman–Crippen MR) is 80.3 cm³/mol. The molecule has 0 heterocycles. The molecule has 0 aromatic heterocycles. The molecule has 2 amide bonds. The molecule has 0 saturated heterocycles. The zero-order chi connectivity index (χ0) is 15.0. The van der Waals surface area contributed by atoms with Gasteiger partial charge in [-0.15, -0.1) is 0 Å². The summed E-state index contributed by atoms with van der Waals surface area (Å²) in [5.74, 6) is -0.0785. The molecular weight excluding hydrogens is 252 g/mol. The number of amides is 2. The van der Waals surface area contributed by atoms with Gasteiger partial charge in [0.25, 0.3) is 0 Å². The van der Waals surface area contributed by atoms with Gasteiger partial charge in [0.05, 0.1) is 6.54 Å². The van der Waals surface area contributed by atoms with Gasteiger partial charge in [0, 0.05) is 19.0 Å². The van der Waals surface area contributed by atoms with Crippen molar-refractivity contribution >= 4 is 11.8 Å². The van der Waals surface area contributed by atoms with Crippen molar-refractivity contribution in [3.05, 3.63) is 35.9 Å². The Morgan fingerprint density at radius 3 is 2.40 bits per heavy atom. The maximum atomic E-state index is 12.1. The lowest BCUT2D eigenvalue weighted by molar-refractivity contribution is -0.136. The van der Waals surface area contributed by atoms with Gasteiger partial charge in [-0.3, -0.25) is 9.59 Å². The predicted octanol–water partition coefficient (Wildman–Crippen LogP) is 1.99. The minimum atomic E-state index is -0.102. The first kappa shape index (κ1) is 16.2. The van der Waals surface area contributed by atoms with Crippen LogP contribution in [0, 0.1) is 0 Å². The molecule has 4 nitrogen and oxygen atoms in total. The molecule has 1 rings (SSSR count). The Hall–Kier alpha value is -1.84. The van der Waals surface area contributed by atoms with Crippen molar-refractivity contribution in [1.82, 2.24) is 10.2 Å². The van der Waals surface area contributed by atoms with Crippen molar-refractivity contribution in [2.24, 2.45) is 0 Å². The number of benzene rings is 1. The summed E-state index contributed by atoms with van der Waals surface area (Å²) in [5, 5.41) is 2.80. The maximum Gasteiger partial charge on any atom is 0.239 e. The van der Waals surface area contributed by atoms with Crippen LogP contribution >= 0.6 is 0 Å². The first-order chi connectivity index (χ1) is 9.52. The third-order valence-electron chi connectivity index (χ3n) is 2.99. The molecular formula is C16H24N2O2. The molecule has 0 fully saturated rings. The molecule has 0 aliphatic heterocycles. The normalized spacial score (nSPS) is 10.4. The van der Waals surface area contributed by atoms with Gasteiger partial charge < -0.3 is 10.2 Å². The number of aryl methyl sites for hydroxylation is 1. The lowest BCUT2D eigenvalue weighted by atomic mass is 10.1. The molecule has 0 bridgehead atoms. The Bertz CT molecular complexity index is 429. The summed E-state index contributed by atoms with van der Waals surface area (Å²) >= 11 is 0. The fourth-order valence-corrected chi connectivity index (χ4v) is 1.97. The lowest BCUT2D eigenvalue weighted by Crippen LogP contribution is -2.42. The maximum absolute atomic E-state index is 12.1. The molecule has 4 heteroatoms. The number of hydrogen-bond donors (Lipinski definition) is 1. The van der Waals surface area contributed by atoms with Crippen molar-refractivity contribution in [2.45, 2.75) is 39.7 Å². The number of hydrogen-bond acceptors (Lipinski definition) is 2. The molecule has 0 atom stereocenters. The van der Waals surface area contributed by atoms with Crippen LogP contribution in [-0.2, 0) is 16.0 Å². The van der Waals surface area contributed by atoms with E-state index in [0.717, 1.165) is 5.56 Å². The van der Waals surface area contributed by atoms with E-state index in [1.807, 2.05) is 51.1 Å². The van der Waals surface area contributed by atoms with E-state index < -0.39 is 0 Å². The Kier molecular flexibility index (Phi) is 6.77. The fraction of sp³-hybridized carbons (Fsp3) is 0.500. The molecule has 0 saturated carbocycles. The first-order valence-corrected chi connectivity index (χ1v) is 7.14. The molecule has 1 N–H and O–H groups in total. The van der Waals surface area contributed by atoms with E-state index in [2.05, 4.69) is 5.32 Å². The first-order valence-electron chi connectivity index (χ1n) is 7.14. The standard InChI is InChI=1S/C16H24N2O2/c1-4-18(12-15(19)17-13(2)3)16(20)11-10-14-8-6-5-7-9-14/h5-9,13H,4,10-12H2,1-3H3,(H,17,19). The second kappa shape index (κ2) is 8.35. The van der Waals surface area contributed by atoms with Crippen LogP contribution < -0.4 is 5.32 Å². The van der Waals surface area contributed by atoms with Crippen LogP contribution in [0.3, 0.4) is 0 Å². The third-order valence-corrected chi connectivity index (χ3v) is 2.99. The van der Waals surface area contributed by atoms with E-state index in [4.69, 9.17) is 0 Å². The van der Waals surface area contributed by atoms with Crippen LogP contribution in [0.1, 0.15) is 32.8 Å². The monoisotopic (exact) mass is 276 g/mol. The SMILES string of the molecule is CCN(CC(=O)NC(C)C)C(=O)CCc1ccccc1. The summed E-state index contributed by atoms with van der Waals surface area (Å²) < 4.78 is 0. The highest BCUT2D eigenvalue weighted by Crippen LogP contribution is 2.04. The van der Waals surface area contributed by atoms with Crippen LogP contribution in [0.5, 0.6) is 0 Å². The van der Waals surface area contributed by atoms with Gasteiger partial charge in [-0.2, -0.15) is 0 Å². The highest BCUT2D eigenvalue weighted by atomic mass is 16.2. The molecule has 0 aliphatic rings. The Morgan fingerprint density at radius 1 is 1.20 bits per heavy atom. The van der Waals surface area contributed by atoms with Crippen LogP contribution in [0.2, 0.25) is 0 Å². The molecule has 20 heavy (non-hydrogen) atoms. The van der Waals surface area contributed by atoms with Gasteiger partial charge in [-0.25, -0.2) is 0 Å². The number of nitrogens with one attached hydrogen (secondary N) is 1. The minimum absolute atomic E-state index is 0.0234. The highest BCUT2D eigenvalue weighted by Gasteiger charge is 2.15. The van der Waals surface area contributed by atoms with E-state index in [1.165, 1.54) is 0 Å². The summed E-state index contributed by atoms with van der Waals surface area (Å²) in [4.78, 5) is 25.4. The van der Waals surface area contributed by atoms with Crippen molar-refractivity contribution in [3.8, 4) is 0 Å². The smallest absolute Gasteiger partial charge is 0.239 e.